The van der Waals surface area contributed by atoms with Gasteiger partial charge in [-0.1, -0.05) is 35.5 Å². The van der Waals surface area contributed by atoms with Gasteiger partial charge in [-0.15, -0.1) is 5.10 Å². The Morgan fingerprint density at radius 1 is 1.38 bits per heavy atom. The molecule has 0 saturated heterocycles. The Labute approximate surface area is 122 Å². The van der Waals surface area contributed by atoms with Crippen molar-refractivity contribution in [2.24, 2.45) is 0 Å². The van der Waals surface area contributed by atoms with Crippen LogP contribution in [0, 0.1) is 0 Å². The third-order valence-electron chi connectivity index (χ3n) is 3.53. The average molecular weight is 286 g/mol. The fourth-order valence-corrected chi connectivity index (χ4v) is 2.20. The van der Waals surface area contributed by atoms with E-state index in [1.54, 1.807) is 6.20 Å². The number of aliphatic hydroxyl groups is 1. The summed E-state index contributed by atoms with van der Waals surface area (Å²) in [5, 5.41) is 20.3. The Morgan fingerprint density at radius 3 is 2.81 bits per heavy atom. The first-order chi connectivity index (χ1) is 10.3. The lowest BCUT2D eigenvalue weighted by Gasteiger charge is -2.15. The molecule has 2 N–H and O–H groups in total. The monoisotopic (exact) mass is 286 g/mol. The predicted molar refractivity (Wildman–Crippen MR) is 77.4 cm³/mol. The molecule has 0 aliphatic heterocycles. The quantitative estimate of drug-likeness (QED) is 0.834. The van der Waals surface area contributed by atoms with Crippen molar-refractivity contribution in [3.05, 3.63) is 36.5 Å². The average Bonchev–Trinajstić information content (AvgIpc) is 3.18. The van der Waals surface area contributed by atoms with Crippen LogP contribution in [0.1, 0.15) is 25.3 Å². The van der Waals surface area contributed by atoms with Gasteiger partial charge in [-0.05, 0) is 12.8 Å². The Hall–Kier alpha value is -2.21. The first kappa shape index (κ1) is 13.8. The zero-order chi connectivity index (χ0) is 14.7. The van der Waals surface area contributed by atoms with Gasteiger partial charge in [-0.3, -0.25) is 4.79 Å². The molecule has 2 aromatic rings. The molecule has 6 nitrogen and oxygen atoms in total. The number of carbonyl (C=O) groups is 1. The lowest BCUT2D eigenvalue weighted by atomic mass is 10.1. The van der Waals surface area contributed by atoms with E-state index in [-0.39, 0.29) is 18.6 Å². The maximum atomic E-state index is 12.2. The van der Waals surface area contributed by atoms with Gasteiger partial charge in [0.1, 0.15) is 11.7 Å². The van der Waals surface area contributed by atoms with Crippen LogP contribution >= 0.6 is 0 Å². The van der Waals surface area contributed by atoms with Crippen LogP contribution in [0.3, 0.4) is 0 Å². The van der Waals surface area contributed by atoms with Crippen LogP contribution < -0.4 is 5.32 Å². The van der Waals surface area contributed by atoms with Crippen LogP contribution in [0.15, 0.2) is 36.5 Å². The van der Waals surface area contributed by atoms with Crippen molar-refractivity contribution in [2.45, 2.75) is 31.3 Å². The van der Waals surface area contributed by atoms with E-state index in [9.17, 15) is 9.90 Å². The second-order valence-electron chi connectivity index (χ2n) is 5.26. The Morgan fingerprint density at radius 2 is 2.14 bits per heavy atom. The molecule has 0 spiro atoms. The molecule has 1 aliphatic rings. The number of hydrogen-bond donors (Lipinski definition) is 2. The summed E-state index contributed by atoms with van der Waals surface area (Å²) in [6.07, 6.45) is 4.15. The maximum absolute atomic E-state index is 12.2. The summed E-state index contributed by atoms with van der Waals surface area (Å²) in [6.45, 7) is -0.0662. The second-order valence-corrected chi connectivity index (χ2v) is 5.26. The molecule has 21 heavy (non-hydrogen) atoms. The molecule has 1 saturated carbocycles. The summed E-state index contributed by atoms with van der Waals surface area (Å²) in [4.78, 5) is 12.2. The highest BCUT2D eigenvalue weighted by Crippen LogP contribution is 2.22. The topological polar surface area (TPSA) is 80.0 Å². The van der Waals surface area contributed by atoms with Crippen molar-refractivity contribution in [1.82, 2.24) is 20.3 Å². The number of aliphatic hydroxyl groups excluding tert-OH is 1. The molecule has 1 aromatic carbocycles. The van der Waals surface area contributed by atoms with E-state index in [1.165, 1.54) is 4.68 Å². The second kappa shape index (κ2) is 6.05. The molecule has 1 aromatic heterocycles. The van der Waals surface area contributed by atoms with Crippen LogP contribution in [0.5, 0.6) is 0 Å². The number of carbonyl (C=O) groups excluding carboxylic acids is 1. The third kappa shape index (κ3) is 3.28. The number of benzene rings is 1. The zero-order valence-corrected chi connectivity index (χ0v) is 11.6. The van der Waals surface area contributed by atoms with Crippen LogP contribution in [-0.2, 0) is 4.79 Å². The molecule has 1 aliphatic carbocycles. The molecule has 110 valence electrons. The lowest BCUT2D eigenvalue weighted by molar-refractivity contribution is -0.125. The maximum Gasteiger partial charge on any atom is 0.245 e. The molecule has 1 atom stereocenters. The van der Waals surface area contributed by atoms with Crippen molar-refractivity contribution < 1.29 is 9.90 Å². The number of nitrogens with zero attached hydrogens (tertiary/aromatic N) is 3. The number of hydrogen-bond acceptors (Lipinski definition) is 4. The lowest BCUT2D eigenvalue weighted by Crippen LogP contribution is -2.34. The Kier molecular flexibility index (Phi) is 3.96. The van der Waals surface area contributed by atoms with Gasteiger partial charge < -0.3 is 10.4 Å². The third-order valence-corrected chi connectivity index (χ3v) is 3.53. The molecule has 6 heteroatoms. The van der Waals surface area contributed by atoms with Gasteiger partial charge >= 0.3 is 0 Å². The van der Waals surface area contributed by atoms with E-state index < -0.39 is 6.04 Å². The highest BCUT2D eigenvalue weighted by Gasteiger charge is 2.28. The zero-order valence-electron chi connectivity index (χ0n) is 11.6. The molecule has 3 rings (SSSR count). The minimum Gasteiger partial charge on any atom is -0.396 e. The van der Waals surface area contributed by atoms with E-state index in [1.807, 2.05) is 30.3 Å². The molecule has 1 fully saturated rings. The molecule has 1 unspecified atom stereocenters. The van der Waals surface area contributed by atoms with Gasteiger partial charge in [-0.25, -0.2) is 4.68 Å². The van der Waals surface area contributed by atoms with Gasteiger partial charge in [0.25, 0.3) is 0 Å². The summed E-state index contributed by atoms with van der Waals surface area (Å²) in [5.41, 5.74) is 1.67. The molecule has 1 amide bonds. The van der Waals surface area contributed by atoms with Crippen molar-refractivity contribution in [2.75, 3.05) is 6.61 Å². The van der Waals surface area contributed by atoms with Crippen LogP contribution in [0.4, 0.5) is 0 Å². The highest BCUT2D eigenvalue weighted by atomic mass is 16.3. The minimum absolute atomic E-state index is 0.0662. The smallest absolute Gasteiger partial charge is 0.245 e. The normalized spacial score (nSPS) is 15.7. The van der Waals surface area contributed by atoms with Crippen LogP contribution in [0.2, 0.25) is 0 Å². The van der Waals surface area contributed by atoms with E-state index in [0.717, 1.165) is 24.1 Å². The summed E-state index contributed by atoms with van der Waals surface area (Å²) in [5.74, 6) is -0.101. The first-order valence-corrected chi connectivity index (χ1v) is 7.16. The fraction of sp³-hybridized carbons (Fsp3) is 0.400. The number of aromatic nitrogens is 3. The van der Waals surface area contributed by atoms with E-state index in [0.29, 0.717) is 6.42 Å². The summed E-state index contributed by atoms with van der Waals surface area (Å²) in [6, 6.07) is 9.46. The van der Waals surface area contributed by atoms with Crippen molar-refractivity contribution in [3.63, 3.8) is 0 Å². The van der Waals surface area contributed by atoms with Crippen molar-refractivity contribution in [3.8, 4) is 11.3 Å². The Bertz CT molecular complexity index is 607. The van der Waals surface area contributed by atoms with Gasteiger partial charge in [0.05, 0.1) is 6.20 Å². The number of rotatable bonds is 6. The highest BCUT2D eigenvalue weighted by molar-refractivity contribution is 5.80. The SMILES string of the molecule is O=C(NC1CC1)C(CCO)n1cc(-c2ccccc2)nn1. The standard InChI is InChI=1S/C15H18N4O2/c20-9-8-14(15(21)16-12-6-7-12)19-10-13(17-18-19)11-4-2-1-3-5-11/h1-5,10,12,14,20H,6-9H2,(H,16,21). The van der Waals surface area contributed by atoms with E-state index >= 15 is 0 Å². The fourth-order valence-electron chi connectivity index (χ4n) is 2.20. The van der Waals surface area contributed by atoms with Gasteiger partial charge in [0.15, 0.2) is 0 Å². The van der Waals surface area contributed by atoms with Gasteiger partial charge in [0, 0.05) is 24.6 Å². The molecule has 1 heterocycles. The minimum atomic E-state index is -0.513. The molecule has 0 bridgehead atoms. The molecular formula is C15H18N4O2. The predicted octanol–water partition coefficient (Wildman–Crippen LogP) is 1.15. The van der Waals surface area contributed by atoms with Crippen LogP contribution in [-0.4, -0.2) is 38.7 Å². The van der Waals surface area contributed by atoms with Gasteiger partial charge in [-0.2, -0.15) is 0 Å². The number of amides is 1. The first-order valence-electron chi connectivity index (χ1n) is 7.16. The summed E-state index contributed by atoms with van der Waals surface area (Å²) >= 11 is 0. The largest absolute Gasteiger partial charge is 0.396 e. The van der Waals surface area contributed by atoms with Crippen LogP contribution in [0.25, 0.3) is 11.3 Å². The van der Waals surface area contributed by atoms with Crippen molar-refractivity contribution >= 4 is 5.91 Å². The van der Waals surface area contributed by atoms with Crippen molar-refractivity contribution in [1.29, 1.82) is 0 Å². The van der Waals surface area contributed by atoms with Gasteiger partial charge in [0.2, 0.25) is 5.91 Å². The number of nitrogens with one attached hydrogen (secondary N) is 1. The molecular weight excluding hydrogens is 268 g/mol. The summed E-state index contributed by atoms with van der Waals surface area (Å²) < 4.78 is 1.54. The molecule has 0 radical (unpaired) electrons. The summed E-state index contributed by atoms with van der Waals surface area (Å²) in [7, 11) is 0. The van der Waals surface area contributed by atoms with E-state index in [4.69, 9.17) is 0 Å². The van der Waals surface area contributed by atoms with E-state index in [2.05, 4.69) is 15.6 Å². The Balaban J connectivity index is 1.79.